The summed E-state index contributed by atoms with van der Waals surface area (Å²) >= 11 is 0. The molecule has 1 aromatic rings. The van der Waals surface area contributed by atoms with Gasteiger partial charge >= 0.3 is 5.69 Å². The minimum absolute atomic E-state index is 0.185. The number of hydrogen-bond donors (Lipinski definition) is 1. The van der Waals surface area contributed by atoms with Crippen molar-refractivity contribution >= 4 is 11.4 Å². The van der Waals surface area contributed by atoms with E-state index in [4.69, 9.17) is 0 Å². The molecule has 0 atom stereocenters. The molecule has 0 aliphatic rings. The van der Waals surface area contributed by atoms with E-state index < -0.39 is 27.0 Å². The standard InChI is InChI=1S/C11H15N3O5/c1-3-12(4-2)7-8-5-9(13(16)17)6-10(11(8)15)14(18)19/h5-6,15H,3-4,7H2,1-2H3. The van der Waals surface area contributed by atoms with E-state index in [0.29, 0.717) is 13.1 Å². The molecule has 0 saturated heterocycles. The Morgan fingerprint density at radius 2 is 1.74 bits per heavy atom. The Labute approximate surface area is 109 Å². The van der Waals surface area contributed by atoms with Gasteiger partial charge in [-0.2, -0.15) is 0 Å². The lowest BCUT2D eigenvalue weighted by Gasteiger charge is -2.18. The van der Waals surface area contributed by atoms with E-state index in [1.54, 1.807) is 0 Å². The average Bonchev–Trinajstić information content (AvgIpc) is 2.36. The molecule has 1 aromatic carbocycles. The highest BCUT2D eigenvalue weighted by Crippen LogP contribution is 2.34. The molecule has 8 heteroatoms. The van der Waals surface area contributed by atoms with Crippen LogP contribution in [0.5, 0.6) is 5.75 Å². The van der Waals surface area contributed by atoms with Gasteiger partial charge in [-0.3, -0.25) is 25.1 Å². The number of hydrogen-bond acceptors (Lipinski definition) is 6. The molecule has 0 saturated carbocycles. The maximum absolute atomic E-state index is 10.8. The molecule has 0 amide bonds. The lowest BCUT2D eigenvalue weighted by atomic mass is 10.1. The molecule has 0 aliphatic carbocycles. The quantitative estimate of drug-likeness (QED) is 0.625. The number of nitrogens with zero attached hydrogens (tertiary/aromatic N) is 3. The molecule has 19 heavy (non-hydrogen) atoms. The Kier molecular flexibility index (Phi) is 4.76. The Balaban J connectivity index is 3.29. The molecule has 0 radical (unpaired) electrons. The maximum atomic E-state index is 10.8. The highest BCUT2D eigenvalue weighted by molar-refractivity contribution is 5.57. The fraction of sp³-hybridized carbons (Fsp3) is 0.455. The minimum atomic E-state index is -0.825. The van der Waals surface area contributed by atoms with Crippen molar-refractivity contribution in [1.82, 2.24) is 4.90 Å². The van der Waals surface area contributed by atoms with Gasteiger partial charge in [0.05, 0.1) is 15.9 Å². The third-order valence-corrected chi connectivity index (χ3v) is 2.85. The highest BCUT2D eigenvalue weighted by Gasteiger charge is 2.24. The van der Waals surface area contributed by atoms with Crippen LogP contribution in [0.4, 0.5) is 11.4 Å². The fourth-order valence-electron chi connectivity index (χ4n) is 1.71. The van der Waals surface area contributed by atoms with Crippen LogP contribution in [0.2, 0.25) is 0 Å². The second-order valence-corrected chi connectivity index (χ2v) is 3.95. The van der Waals surface area contributed by atoms with Crippen molar-refractivity contribution in [1.29, 1.82) is 0 Å². The molecular formula is C11H15N3O5. The van der Waals surface area contributed by atoms with Crippen molar-refractivity contribution in [3.8, 4) is 5.75 Å². The average molecular weight is 269 g/mol. The van der Waals surface area contributed by atoms with E-state index in [-0.39, 0.29) is 12.1 Å². The van der Waals surface area contributed by atoms with Crippen molar-refractivity contribution in [2.45, 2.75) is 20.4 Å². The number of nitro benzene ring substituents is 2. The number of phenolic OH excluding ortho intramolecular Hbond substituents is 1. The summed E-state index contributed by atoms with van der Waals surface area (Å²) < 4.78 is 0. The zero-order valence-electron chi connectivity index (χ0n) is 10.7. The lowest BCUT2D eigenvalue weighted by Crippen LogP contribution is -2.22. The van der Waals surface area contributed by atoms with Crippen LogP contribution < -0.4 is 0 Å². The Hall–Kier alpha value is -2.22. The summed E-state index contributed by atoms with van der Waals surface area (Å²) in [6, 6.07) is 1.93. The predicted octanol–water partition coefficient (Wildman–Crippen LogP) is 2.05. The largest absolute Gasteiger partial charge is 0.502 e. The van der Waals surface area contributed by atoms with E-state index in [1.165, 1.54) is 6.07 Å². The number of non-ortho nitro benzene ring substituents is 1. The van der Waals surface area contributed by atoms with Crippen LogP contribution in [-0.2, 0) is 6.54 Å². The van der Waals surface area contributed by atoms with Crippen LogP contribution in [0.15, 0.2) is 12.1 Å². The second kappa shape index (κ2) is 6.10. The first-order chi connectivity index (χ1) is 8.90. The summed E-state index contributed by atoms with van der Waals surface area (Å²) in [7, 11) is 0. The zero-order chi connectivity index (χ0) is 14.6. The van der Waals surface area contributed by atoms with E-state index in [2.05, 4.69) is 0 Å². The van der Waals surface area contributed by atoms with Crippen molar-refractivity contribution in [3.05, 3.63) is 37.9 Å². The number of phenols is 1. The SMILES string of the molecule is CCN(CC)Cc1cc([N+](=O)[O-])cc([N+](=O)[O-])c1O. The maximum Gasteiger partial charge on any atom is 0.317 e. The molecule has 104 valence electrons. The van der Waals surface area contributed by atoms with Gasteiger partial charge in [0.1, 0.15) is 0 Å². The molecule has 0 spiro atoms. The van der Waals surface area contributed by atoms with Gasteiger partial charge in [-0.15, -0.1) is 0 Å². The van der Waals surface area contributed by atoms with Crippen LogP contribution >= 0.6 is 0 Å². The normalized spacial score (nSPS) is 10.7. The smallest absolute Gasteiger partial charge is 0.317 e. The molecule has 1 rings (SSSR count). The van der Waals surface area contributed by atoms with Crippen molar-refractivity contribution in [3.63, 3.8) is 0 Å². The van der Waals surface area contributed by atoms with Crippen LogP contribution in [0.3, 0.4) is 0 Å². The number of rotatable bonds is 6. The first-order valence-corrected chi connectivity index (χ1v) is 5.77. The van der Waals surface area contributed by atoms with Gasteiger partial charge in [-0.1, -0.05) is 13.8 Å². The fourth-order valence-corrected chi connectivity index (χ4v) is 1.71. The molecular weight excluding hydrogens is 254 g/mol. The minimum Gasteiger partial charge on any atom is -0.502 e. The Morgan fingerprint density at radius 1 is 1.16 bits per heavy atom. The molecule has 1 N–H and O–H groups in total. The Bertz CT molecular complexity index is 499. The van der Waals surface area contributed by atoms with Gasteiger partial charge < -0.3 is 5.11 Å². The molecule has 0 fully saturated rings. The molecule has 0 aromatic heterocycles. The highest BCUT2D eigenvalue weighted by atomic mass is 16.6. The van der Waals surface area contributed by atoms with E-state index in [0.717, 1.165) is 6.07 Å². The van der Waals surface area contributed by atoms with Crippen molar-refractivity contribution in [2.24, 2.45) is 0 Å². The first kappa shape index (κ1) is 14.8. The summed E-state index contributed by atoms with van der Waals surface area (Å²) in [5.74, 6) is -0.512. The molecule has 0 unspecified atom stereocenters. The van der Waals surface area contributed by atoms with E-state index in [9.17, 15) is 25.3 Å². The second-order valence-electron chi connectivity index (χ2n) is 3.95. The first-order valence-electron chi connectivity index (χ1n) is 5.77. The summed E-state index contributed by atoms with van der Waals surface area (Å²) in [4.78, 5) is 21.9. The van der Waals surface area contributed by atoms with Crippen LogP contribution in [0, 0.1) is 20.2 Å². The molecule has 0 aliphatic heterocycles. The van der Waals surface area contributed by atoms with Gasteiger partial charge in [-0.05, 0) is 13.1 Å². The Morgan fingerprint density at radius 3 is 2.16 bits per heavy atom. The summed E-state index contributed by atoms with van der Waals surface area (Å²) in [5, 5.41) is 31.3. The third kappa shape index (κ3) is 3.38. The lowest BCUT2D eigenvalue weighted by molar-refractivity contribution is -0.394. The van der Waals surface area contributed by atoms with Crippen LogP contribution in [-0.4, -0.2) is 32.9 Å². The summed E-state index contributed by atoms with van der Waals surface area (Å²) in [5.41, 5.74) is -0.854. The van der Waals surface area contributed by atoms with Crippen LogP contribution in [0.1, 0.15) is 19.4 Å². The zero-order valence-corrected chi connectivity index (χ0v) is 10.7. The summed E-state index contributed by atoms with van der Waals surface area (Å²) in [6.45, 7) is 5.36. The number of aromatic hydroxyl groups is 1. The molecule has 8 nitrogen and oxygen atoms in total. The van der Waals surface area contributed by atoms with Gasteiger partial charge in [-0.25, -0.2) is 0 Å². The molecule has 0 heterocycles. The van der Waals surface area contributed by atoms with E-state index >= 15 is 0 Å². The van der Waals surface area contributed by atoms with Crippen molar-refractivity contribution in [2.75, 3.05) is 13.1 Å². The van der Waals surface area contributed by atoms with E-state index in [1.807, 2.05) is 18.7 Å². The van der Waals surface area contributed by atoms with Gasteiger partial charge in [0.25, 0.3) is 5.69 Å². The van der Waals surface area contributed by atoms with Gasteiger partial charge in [0.15, 0.2) is 5.75 Å². The topological polar surface area (TPSA) is 110 Å². The monoisotopic (exact) mass is 269 g/mol. The number of nitro groups is 2. The van der Waals surface area contributed by atoms with Gasteiger partial charge in [0.2, 0.25) is 0 Å². The van der Waals surface area contributed by atoms with Crippen molar-refractivity contribution < 1.29 is 15.0 Å². The summed E-state index contributed by atoms with van der Waals surface area (Å²) in [6.07, 6.45) is 0. The molecule has 0 bridgehead atoms. The predicted molar refractivity (Wildman–Crippen MR) is 68.0 cm³/mol. The third-order valence-electron chi connectivity index (χ3n) is 2.85. The number of benzene rings is 1. The van der Waals surface area contributed by atoms with Crippen LogP contribution in [0.25, 0.3) is 0 Å². The van der Waals surface area contributed by atoms with Gasteiger partial charge in [0, 0.05) is 18.2 Å².